The van der Waals surface area contributed by atoms with E-state index in [1.54, 1.807) is 24.3 Å². The van der Waals surface area contributed by atoms with Gasteiger partial charge in [-0.15, -0.1) is 0 Å². The van der Waals surface area contributed by atoms with Gasteiger partial charge in [-0.25, -0.2) is 8.42 Å². The van der Waals surface area contributed by atoms with Gasteiger partial charge in [0.05, 0.1) is 22.5 Å². The highest BCUT2D eigenvalue weighted by molar-refractivity contribution is 7.90. The van der Waals surface area contributed by atoms with E-state index in [4.69, 9.17) is 5.73 Å². The van der Waals surface area contributed by atoms with Crippen LogP contribution in [0.5, 0.6) is 0 Å². The lowest BCUT2D eigenvalue weighted by molar-refractivity contribution is 0.602. The van der Waals surface area contributed by atoms with Gasteiger partial charge in [-0.2, -0.15) is 5.10 Å². The summed E-state index contributed by atoms with van der Waals surface area (Å²) in [5.41, 5.74) is 7.72. The first kappa shape index (κ1) is 10.7. The predicted octanol–water partition coefficient (Wildman–Crippen LogP) is 1.06. The molecule has 0 spiro atoms. The van der Waals surface area contributed by atoms with Crippen LogP contribution in [0.15, 0.2) is 35.4 Å². The summed E-state index contributed by atoms with van der Waals surface area (Å²) in [7, 11) is -3.16. The third-order valence-corrected chi connectivity index (χ3v) is 3.37. The van der Waals surface area contributed by atoms with E-state index in [-0.39, 0.29) is 4.90 Å². The fourth-order valence-corrected chi connectivity index (χ4v) is 2.03. The fourth-order valence-electron chi connectivity index (χ4n) is 1.40. The molecule has 0 saturated carbocycles. The Hall–Kier alpha value is -1.82. The van der Waals surface area contributed by atoms with Crippen molar-refractivity contribution in [1.82, 2.24) is 10.2 Å². The number of sulfone groups is 1. The highest BCUT2D eigenvalue weighted by Gasteiger charge is 2.08. The number of nitrogen functional groups attached to an aromatic ring is 1. The monoisotopic (exact) mass is 237 g/mol. The van der Waals surface area contributed by atoms with Gasteiger partial charge >= 0.3 is 0 Å². The summed E-state index contributed by atoms with van der Waals surface area (Å²) in [6.07, 6.45) is 2.69. The standard InChI is InChI=1S/C10H11N3O2S/c1-16(14,15)8-4-2-7(3-5-8)10-9(11)6-12-13-10/h2-6H,11H2,1H3,(H,12,13). The lowest BCUT2D eigenvalue weighted by Gasteiger charge is -2.01. The van der Waals surface area contributed by atoms with E-state index in [9.17, 15) is 8.42 Å². The molecule has 1 aromatic heterocycles. The minimum Gasteiger partial charge on any atom is -0.396 e. The summed E-state index contributed by atoms with van der Waals surface area (Å²) in [5.74, 6) is 0. The quantitative estimate of drug-likeness (QED) is 0.817. The van der Waals surface area contributed by atoms with Crippen molar-refractivity contribution in [1.29, 1.82) is 0 Å². The minimum absolute atomic E-state index is 0.286. The molecule has 1 heterocycles. The second kappa shape index (κ2) is 3.64. The number of rotatable bonds is 2. The van der Waals surface area contributed by atoms with E-state index in [0.717, 1.165) is 5.56 Å². The van der Waals surface area contributed by atoms with Crippen LogP contribution in [0.25, 0.3) is 11.3 Å². The number of H-pyrrole nitrogens is 1. The van der Waals surface area contributed by atoms with Crippen molar-refractivity contribution in [2.24, 2.45) is 0 Å². The Morgan fingerprint density at radius 3 is 2.31 bits per heavy atom. The zero-order valence-corrected chi connectivity index (χ0v) is 9.45. The van der Waals surface area contributed by atoms with E-state index in [0.29, 0.717) is 11.4 Å². The van der Waals surface area contributed by atoms with Crippen LogP contribution in [-0.4, -0.2) is 24.9 Å². The third kappa shape index (κ3) is 1.92. The van der Waals surface area contributed by atoms with Crippen LogP contribution >= 0.6 is 0 Å². The van der Waals surface area contributed by atoms with Gasteiger partial charge in [0.25, 0.3) is 0 Å². The van der Waals surface area contributed by atoms with Crippen LogP contribution in [0.2, 0.25) is 0 Å². The molecule has 16 heavy (non-hydrogen) atoms. The van der Waals surface area contributed by atoms with Crippen LogP contribution in [0.3, 0.4) is 0 Å². The molecule has 2 aromatic rings. The fraction of sp³-hybridized carbons (Fsp3) is 0.100. The van der Waals surface area contributed by atoms with Crippen LogP contribution in [0.1, 0.15) is 0 Å². The summed E-state index contributed by atoms with van der Waals surface area (Å²) in [6, 6.07) is 6.48. The highest BCUT2D eigenvalue weighted by atomic mass is 32.2. The van der Waals surface area contributed by atoms with Gasteiger partial charge in [0, 0.05) is 11.8 Å². The zero-order chi connectivity index (χ0) is 11.8. The maximum atomic E-state index is 11.3. The molecule has 0 amide bonds. The molecule has 0 fully saturated rings. The first-order valence-corrected chi connectivity index (χ1v) is 6.47. The number of nitrogens with zero attached hydrogens (tertiary/aromatic N) is 1. The summed E-state index contributed by atoms with van der Waals surface area (Å²) in [4.78, 5) is 0.286. The topological polar surface area (TPSA) is 88.8 Å². The Kier molecular flexibility index (Phi) is 2.43. The van der Waals surface area contributed by atoms with Crippen molar-refractivity contribution in [2.45, 2.75) is 4.90 Å². The lowest BCUT2D eigenvalue weighted by atomic mass is 10.1. The maximum absolute atomic E-state index is 11.3. The van der Waals surface area contributed by atoms with Crippen LogP contribution < -0.4 is 5.73 Å². The molecule has 0 aliphatic rings. The van der Waals surface area contributed by atoms with E-state index in [1.807, 2.05) is 0 Å². The Labute approximate surface area is 93.2 Å². The third-order valence-electron chi connectivity index (χ3n) is 2.24. The molecule has 0 bridgehead atoms. The van der Waals surface area contributed by atoms with Crippen LogP contribution in [0.4, 0.5) is 5.69 Å². The molecule has 0 saturated heterocycles. The molecule has 0 atom stereocenters. The molecule has 0 radical (unpaired) electrons. The maximum Gasteiger partial charge on any atom is 0.175 e. The van der Waals surface area contributed by atoms with Gasteiger partial charge in [-0.05, 0) is 12.1 Å². The normalized spacial score (nSPS) is 11.6. The Bertz CT molecular complexity index is 599. The number of nitrogens with two attached hydrogens (primary N) is 1. The molecule has 3 N–H and O–H groups in total. The summed E-state index contributed by atoms with van der Waals surface area (Å²) < 4.78 is 22.5. The van der Waals surface area contributed by atoms with E-state index in [1.165, 1.54) is 12.5 Å². The zero-order valence-electron chi connectivity index (χ0n) is 8.64. The number of aromatic nitrogens is 2. The number of aromatic amines is 1. The summed E-state index contributed by atoms with van der Waals surface area (Å²) in [5, 5.41) is 6.56. The van der Waals surface area contributed by atoms with Crippen molar-refractivity contribution >= 4 is 15.5 Å². The van der Waals surface area contributed by atoms with Gasteiger partial charge in [0.15, 0.2) is 9.84 Å². The van der Waals surface area contributed by atoms with Gasteiger partial charge in [-0.1, -0.05) is 12.1 Å². The first-order chi connectivity index (χ1) is 7.48. The second-order valence-electron chi connectivity index (χ2n) is 3.50. The second-order valence-corrected chi connectivity index (χ2v) is 5.51. The van der Waals surface area contributed by atoms with E-state index in [2.05, 4.69) is 10.2 Å². The molecule has 5 nitrogen and oxygen atoms in total. The summed E-state index contributed by atoms with van der Waals surface area (Å²) >= 11 is 0. The number of hydrogen-bond acceptors (Lipinski definition) is 4. The SMILES string of the molecule is CS(=O)(=O)c1ccc(-c2[nH]ncc2N)cc1. The molecule has 6 heteroatoms. The Balaban J connectivity index is 2.45. The predicted molar refractivity (Wildman–Crippen MR) is 61.5 cm³/mol. The number of anilines is 1. The van der Waals surface area contributed by atoms with Crippen molar-refractivity contribution in [2.75, 3.05) is 12.0 Å². The Morgan fingerprint density at radius 1 is 1.25 bits per heavy atom. The first-order valence-electron chi connectivity index (χ1n) is 4.58. The number of nitrogens with one attached hydrogen (secondary N) is 1. The highest BCUT2D eigenvalue weighted by Crippen LogP contribution is 2.23. The molecular formula is C10H11N3O2S. The van der Waals surface area contributed by atoms with Gasteiger partial charge in [0.2, 0.25) is 0 Å². The Morgan fingerprint density at radius 2 is 1.88 bits per heavy atom. The van der Waals surface area contributed by atoms with Gasteiger partial charge < -0.3 is 5.73 Å². The van der Waals surface area contributed by atoms with Gasteiger partial charge in [-0.3, -0.25) is 5.10 Å². The average molecular weight is 237 g/mol. The molecular weight excluding hydrogens is 226 g/mol. The largest absolute Gasteiger partial charge is 0.396 e. The van der Waals surface area contributed by atoms with Crippen molar-refractivity contribution in [3.63, 3.8) is 0 Å². The minimum atomic E-state index is -3.16. The molecule has 0 aliphatic heterocycles. The molecule has 0 aliphatic carbocycles. The molecule has 84 valence electrons. The molecule has 2 rings (SSSR count). The number of hydrogen-bond donors (Lipinski definition) is 2. The summed E-state index contributed by atoms with van der Waals surface area (Å²) in [6.45, 7) is 0. The molecule has 1 aromatic carbocycles. The van der Waals surface area contributed by atoms with E-state index >= 15 is 0 Å². The van der Waals surface area contributed by atoms with Crippen molar-refractivity contribution < 1.29 is 8.42 Å². The molecule has 0 unspecified atom stereocenters. The lowest BCUT2D eigenvalue weighted by Crippen LogP contribution is -1.96. The van der Waals surface area contributed by atoms with Crippen molar-refractivity contribution in [3.05, 3.63) is 30.5 Å². The average Bonchev–Trinajstić information content (AvgIpc) is 2.63. The van der Waals surface area contributed by atoms with Crippen molar-refractivity contribution in [3.8, 4) is 11.3 Å². The van der Waals surface area contributed by atoms with Crippen LogP contribution in [-0.2, 0) is 9.84 Å². The van der Waals surface area contributed by atoms with Gasteiger partial charge in [0.1, 0.15) is 0 Å². The number of benzene rings is 1. The van der Waals surface area contributed by atoms with E-state index < -0.39 is 9.84 Å². The smallest absolute Gasteiger partial charge is 0.175 e. The van der Waals surface area contributed by atoms with Crippen LogP contribution in [0, 0.1) is 0 Å².